The Labute approximate surface area is 188 Å². The van der Waals surface area contributed by atoms with Gasteiger partial charge in [-0.1, -0.05) is 75.0 Å². The number of anilines is 1. The predicted octanol–water partition coefficient (Wildman–Crippen LogP) is 5.01. The molecule has 1 unspecified atom stereocenters. The molecule has 3 rings (SSSR count). The summed E-state index contributed by atoms with van der Waals surface area (Å²) in [5.41, 5.74) is 3.08. The molecule has 3 aromatic rings. The van der Waals surface area contributed by atoms with E-state index in [0.29, 0.717) is 18.3 Å². The van der Waals surface area contributed by atoms with Gasteiger partial charge in [-0.25, -0.2) is 0 Å². The molecule has 0 aliphatic heterocycles. The third-order valence-electron chi connectivity index (χ3n) is 4.94. The number of benzene rings is 2. The van der Waals surface area contributed by atoms with E-state index in [-0.39, 0.29) is 16.6 Å². The average molecular weight is 439 g/mol. The van der Waals surface area contributed by atoms with Gasteiger partial charge >= 0.3 is 0 Å². The lowest BCUT2D eigenvalue weighted by Crippen LogP contribution is -2.23. The Morgan fingerprint density at radius 2 is 1.77 bits per heavy atom. The number of nitrogens with zero attached hydrogens (tertiary/aromatic N) is 3. The van der Waals surface area contributed by atoms with E-state index in [1.54, 1.807) is 7.11 Å². The highest BCUT2D eigenvalue weighted by atomic mass is 32.2. The molecule has 0 aliphatic rings. The molecule has 1 aromatic heterocycles. The lowest BCUT2D eigenvalue weighted by atomic mass is 9.87. The fourth-order valence-electron chi connectivity index (χ4n) is 3.07. The molecular formula is C24H30N4O2S. The van der Waals surface area contributed by atoms with Gasteiger partial charge < -0.3 is 10.1 Å². The minimum Gasteiger partial charge on any atom is -0.383 e. The number of carbonyl (C=O) groups is 1. The van der Waals surface area contributed by atoms with Crippen LogP contribution in [0.15, 0.2) is 59.8 Å². The van der Waals surface area contributed by atoms with E-state index >= 15 is 0 Å². The highest BCUT2D eigenvalue weighted by Crippen LogP contribution is 2.28. The van der Waals surface area contributed by atoms with Crippen LogP contribution in [0.4, 0.5) is 5.69 Å². The second kappa shape index (κ2) is 10.1. The molecule has 31 heavy (non-hydrogen) atoms. The second-order valence-corrected chi connectivity index (χ2v) is 9.70. The quantitative estimate of drug-likeness (QED) is 0.501. The summed E-state index contributed by atoms with van der Waals surface area (Å²) in [6, 6.07) is 17.9. The van der Waals surface area contributed by atoms with Crippen LogP contribution in [0, 0.1) is 0 Å². The van der Waals surface area contributed by atoms with Gasteiger partial charge in [-0.3, -0.25) is 9.36 Å². The Morgan fingerprint density at radius 3 is 2.39 bits per heavy atom. The van der Waals surface area contributed by atoms with Crippen molar-refractivity contribution in [2.75, 3.05) is 19.0 Å². The number of methoxy groups -OCH3 is 1. The van der Waals surface area contributed by atoms with E-state index in [0.717, 1.165) is 17.1 Å². The fourth-order valence-corrected chi connectivity index (χ4v) is 3.95. The standard InChI is InChI=1S/C24H30N4O2S/c1-17(22(29)25-20-13-11-19(12-14-20)24(2,3)4)31-23-27-26-21(28(23)15-16-30-5)18-9-7-6-8-10-18/h6-14,17H,15-16H2,1-5H3,(H,25,29). The van der Waals surface area contributed by atoms with Gasteiger partial charge in [-0.05, 0) is 30.0 Å². The summed E-state index contributed by atoms with van der Waals surface area (Å²) in [7, 11) is 1.67. The van der Waals surface area contributed by atoms with Crippen molar-refractivity contribution in [1.29, 1.82) is 0 Å². The zero-order valence-electron chi connectivity index (χ0n) is 18.8. The van der Waals surface area contributed by atoms with Crippen molar-refractivity contribution in [1.82, 2.24) is 14.8 Å². The molecule has 0 saturated carbocycles. The lowest BCUT2D eigenvalue weighted by Gasteiger charge is -2.19. The van der Waals surface area contributed by atoms with E-state index in [2.05, 4.69) is 48.4 Å². The maximum Gasteiger partial charge on any atom is 0.237 e. The Balaban J connectivity index is 1.72. The summed E-state index contributed by atoms with van der Waals surface area (Å²) in [4.78, 5) is 12.8. The molecule has 164 valence electrons. The first-order chi connectivity index (χ1) is 14.8. The first-order valence-corrected chi connectivity index (χ1v) is 11.2. The molecule has 7 heteroatoms. The number of amides is 1. The summed E-state index contributed by atoms with van der Waals surface area (Å²) in [5.74, 6) is 0.696. The van der Waals surface area contributed by atoms with E-state index in [1.165, 1.54) is 17.3 Å². The van der Waals surface area contributed by atoms with Crippen molar-refractivity contribution in [3.63, 3.8) is 0 Å². The molecule has 0 saturated heterocycles. The third kappa shape index (κ3) is 5.95. The van der Waals surface area contributed by atoms with E-state index in [4.69, 9.17) is 4.74 Å². The van der Waals surface area contributed by atoms with Gasteiger partial charge in [-0.15, -0.1) is 10.2 Å². The van der Waals surface area contributed by atoms with Gasteiger partial charge in [0.15, 0.2) is 11.0 Å². The number of hydrogen-bond acceptors (Lipinski definition) is 5. The Kier molecular flexibility index (Phi) is 7.51. The molecule has 0 aliphatic carbocycles. The number of rotatable bonds is 8. The average Bonchev–Trinajstić information content (AvgIpc) is 3.14. The zero-order valence-corrected chi connectivity index (χ0v) is 19.6. The second-order valence-electron chi connectivity index (χ2n) is 8.39. The van der Waals surface area contributed by atoms with Crippen LogP contribution < -0.4 is 5.32 Å². The van der Waals surface area contributed by atoms with Crippen LogP contribution in [-0.4, -0.2) is 39.6 Å². The van der Waals surface area contributed by atoms with Crippen LogP contribution in [0.1, 0.15) is 33.3 Å². The van der Waals surface area contributed by atoms with Crippen LogP contribution in [0.2, 0.25) is 0 Å². The predicted molar refractivity (Wildman–Crippen MR) is 126 cm³/mol. The maximum atomic E-state index is 12.8. The van der Waals surface area contributed by atoms with Crippen molar-refractivity contribution < 1.29 is 9.53 Å². The molecule has 0 bridgehead atoms. The molecule has 0 fully saturated rings. The maximum absolute atomic E-state index is 12.8. The molecule has 1 atom stereocenters. The smallest absolute Gasteiger partial charge is 0.237 e. The molecule has 2 aromatic carbocycles. The van der Waals surface area contributed by atoms with Crippen LogP contribution in [0.25, 0.3) is 11.4 Å². The molecule has 0 radical (unpaired) electrons. The zero-order chi connectivity index (χ0) is 22.4. The molecular weight excluding hydrogens is 408 g/mol. The molecule has 0 spiro atoms. The minimum absolute atomic E-state index is 0.0731. The van der Waals surface area contributed by atoms with Crippen molar-refractivity contribution in [3.8, 4) is 11.4 Å². The highest BCUT2D eigenvalue weighted by Gasteiger charge is 2.21. The van der Waals surface area contributed by atoms with Gasteiger partial charge in [-0.2, -0.15) is 0 Å². The van der Waals surface area contributed by atoms with Crippen molar-refractivity contribution >= 4 is 23.4 Å². The molecule has 1 heterocycles. The van der Waals surface area contributed by atoms with Gasteiger partial charge in [0.1, 0.15) is 0 Å². The van der Waals surface area contributed by atoms with Crippen molar-refractivity contribution in [2.45, 2.75) is 50.1 Å². The number of aromatic nitrogens is 3. The van der Waals surface area contributed by atoms with E-state index in [9.17, 15) is 4.79 Å². The molecule has 1 N–H and O–H groups in total. The topological polar surface area (TPSA) is 69.0 Å². The van der Waals surface area contributed by atoms with Gasteiger partial charge in [0.05, 0.1) is 18.4 Å². The largest absolute Gasteiger partial charge is 0.383 e. The summed E-state index contributed by atoms with van der Waals surface area (Å²) in [5, 5.41) is 12.1. The third-order valence-corrected chi connectivity index (χ3v) is 6.02. The first kappa shape index (κ1) is 23.0. The van der Waals surface area contributed by atoms with E-state index < -0.39 is 0 Å². The van der Waals surface area contributed by atoms with Gasteiger partial charge in [0.2, 0.25) is 5.91 Å². The lowest BCUT2D eigenvalue weighted by molar-refractivity contribution is -0.115. The van der Waals surface area contributed by atoms with Gasteiger partial charge in [0.25, 0.3) is 0 Å². The van der Waals surface area contributed by atoms with Crippen LogP contribution in [-0.2, 0) is 21.5 Å². The molecule has 6 nitrogen and oxygen atoms in total. The normalized spacial score (nSPS) is 12.5. The molecule has 1 amide bonds. The van der Waals surface area contributed by atoms with Gasteiger partial charge in [0, 0.05) is 18.4 Å². The van der Waals surface area contributed by atoms with E-state index in [1.807, 2.05) is 54.0 Å². The number of ether oxygens (including phenoxy) is 1. The van der Waals surface area contributed by atoms with Crippen LogP contribution in [0.5, 0.6) is 0 Å². The van der Waals surface area contributed by atoms with Crippen LogP contribution in [0.3, 0.4) is 0 Å². The summed E-state index contributed by atoms with van der Waals surface area (Å²) in [6.07, 6.45) is 0. The summed E-state index contributed by atoms with van der Waals surface area (Å²) >= 11 is 1.39. The first-order valence-electron chi connectivity index (χ1n) is 10.3. The number of thioether (sulfide) groups is 1. The fraction of sp³-hybridized carbons (Fsp3) is 0.375. The monoisotopic (exact) mass is 438 g/mol. The van der Waals surface area contributed by atoms with Crippen molar-refractivity contribution in [2.24, 2.45) is 0 Å². The van der Waals surface area contributed by atoms with Crippen molar-refractivity contribution in [3.05, 3.63) is 60.2 Å². The Hall–Kier alpha value is -2.64. The highest BCUT2D eigenvalue weighted by molar-refractivity contribution is 8.00. The number of nitrogens with one attached hydrogen (secondary N) is 1. The number of hydrogen-bond donors (Lipinski definition) is 1. The minimum atomic E-state index is -0.337. The SMILES string of the molecule is COCCn1c(SC(C)C(=O)Nc2ccc(C(C)(C)C)cc2)nnc1-c1ccccc1. The Bertz CT molecular complexity index is 995. The summed E-state index contributed by atoms with van der Waals surface area (Å²) in [6.45, 7) is 9.53. The van der Waals surface area contributed by atoms with Crippen LogP contribution >= 0.6 is 11.8 Å². The number of carbonyl (C=O) groups excluding carboxylic acids is 1. The summed E-state index contributed by atoms with van der Waals surface area (Å²) < 4.78 is 7.27. The Morgan fingerprint density at radius 1 is 1.10 bits per heavy atom.